The summed E-state index contributed by atoms with van der Waals surface area (Å²) in [5, 5.41) is 8.16. The maximum atomic E-state index is 14.9. The van der Waals surface area contributed by atoms with Crippen molar-refractivity contribution < 1.29 is 18.7 Å². The predicted molar refractivity (Wildman–Crippen MR) is 128 cm³/mol. The number of hydrogen-bond donors (Lipinski definition) is 2. The quantitative estimate of drug-likeness (QED) is 0.508. The summed E-state index contributed by atoms with van der Waals surface area (Å²) in [5.74, 6) is -0.607. The van der Waals surface area contributed by atoms with Crippen molar-refractivity contribution in [3.8, 4) is 11.1 Å². The number of carbonyl (C=O) groups is 2. The Bertz CT molecular complexity index is 1150. The Morgan fingerprint density at radius 1 is 1.18 bits per heavy atom. The first-order valence-corrected chi connectivity index (χ1v) is 11.6. The van der Waals surface area contributed by atoms with E-state index in [4.69, 9.17) is 4.74 Å². The number of anilines is 1. The Morgan fingerprint density at radius 3 is 2.64 bits per heavy atom. The summed E-state index contributed by atoms with van der Waals surface area (Å²) in [7, 11) is 0. The zero-order valence-corrected chi connectivity index (χ0v) is 19.4. The third-order valence-electron chi connectivity index (χ3n) is 5.56. The number of aryl methyl sites for hydroxylation is 1. The number of carbonyl (C=O) groups excluding carboxylic acids is 2. The van der Waals surface area contributed by atoms with Crippen molar-refractivity contribution in [3.05, 3.63) is 75.7 Å². The molecule has 0 saturated carbocycles. The molecule has 8 heteroatoms. The van der Waals surface area contributed by atoms with Gasteiger partial charge in [-0.2, -0.15) is 0 Å². The Kier molecular flexibility index (Phi) is 7.05. The van der Waals surface area contributed by atoms with Crippen molar-refractivity contribution in [2.24, 2.45) is 0 Å². The lowest BCUT2D eigenvalue weighted by molar-refractivity contribution is -0.119. The lowest BCUT2D eigenvalue weighted by Crippen LogP contribution is -2.33. The van der Waals surface area contributed by atoms with Gasteiger partial charge in [0, 0.05) is 30.5 Å². The number of cyclic esters (lactones) is 1. The summed E-state index contributed by atoms with van der Waals surface area (Å²) < 4.78 is 20.2. The molecular weight excluding hydrogens is 441 g/mol. The van der Waals surface area contributed by atoms with Gasteiger partial charge in [0.05, 0.1) is 18.8 Å². The molecule has 1 aliphatic rings. The molecule has 172 valence electrons. The van der Waals surface area contributed by atoms with Gasteiger partial charge in [0.25, 0.3) is 0 Å². The summed E-state index contributed by atoms with van der Waals surface area (Å²) in [5.41, 5.74) is 4.08. The Hall–Kier alpha value is -3.23. The van der Waals surface area contributed by atoms with Crippen LogP contribution in [0.4, 0.5) is 14.9 Å². The normalized spacial score (nSPS) is 15.5. The lowest BCUT2D eigenvalue weighted by atomic mass is 10.0. The average Bonchev–Trinajstić information content (AvgIpc) is 3.38. The van der Waals surface area contributed by atoms with Crippen LogP contribution in [0.3, 0.4) is 0 Å². The summed E-state index contributed by atoms with van der Waals surface area (Å²) in [6.07, 6.45) is -1.01. The van der Waals surface area contributed by atoms with E-state index in [1.807, 2.05) is 24.3 Å². The van der Waals surface area contributed by atoms with Gasteiger partial charge in [-0.15, -0.1) is 11.3 Å². The van der Waals surface area contributed by atoms with Gasteiger partial charge >= 0.3 is 6.09 Å². The molecule has 2 amide bonds. The highest BCUT2D eigenvalue weighted by atomic mass is 32.1. The fourth-order valence-corrected chi connectivity index (χ4v) is 4.59. The molecule has 1 fully saturated rings. The van der Waals surface area contributed by atoms with Crippen molar-refractivity contribution >= 4 is 29.0 Å². The predicted octanol–water partition coefficient (Wildman–Crippen LogP) is 4.61. The van der Waals surface area contributed by atoms with Gasteiger partial charge < -0.3 is 15.4 Å². The molecule has 4 rings (SSSR count). The second-order valence-corrected chi connectivity index (χ2v) is 9.05. The van der Waals surface area contributed by atoms with E-state index in [0.717, 1.165) is 24.2 Å². The summed E-state index contributed by atoms with van der Waals surface area (Å²) >= 11 is 1.75. The number of thiophene rings is 1. The molecule has 1 saturated heterocycles. The standard InChI is InChI=1S/C25H26FN3O3S/c1-16-9-10-33-24(16)14-27-12-18-3-5-19(6-4-18)22-8-7-20(11-23(22)26)29-15-21(32-25(29)31)13-28-17(2)30/h3-11,21,27H,12-15H2,1-2H3,(H,28,30)/t21-/m0/s1. The third kappa shape index (κ3) is 5.58. The van der Waals surface area contributed by atoms with E-state index in [9.17, 15) is 14.0 Å². The van der Waals surface area contributed by atoms with Gasteiger partial charge in [0.15, 0.2) is 0 Å². The highest BCUT2D eigenvalue weighted by Crippen LogP contribution is 2.29. The van der Waals surface area contributed by atoms with Gasteiger partial charge in [-0.1, -0.05) is 24.3 Å². The topological polar surface area (TPSA) is 70.7 Å². The monoisotopic (exact) mass is 467 g/mol. The van der Waals surface area contributed by atoms with Gasteiger partial charge in [-0.25, -0.2) is 9.18 Å². The van der Waals surface area contributed by atoms with Crippen molar-refractivity contribution in [3.63, 3.8) is 0 Å². The van der Waals surface area contributed by atoms with E-state index < -0.39 is 18.0 Å². The van der Waals surface area contributed by atoms with E-state index in [2.05, 4.69) is 29.0 Å². The van der Waals surface area contributed by atoms with E-state index in [1.165, 1.54) is 28.3 Å². The van der Waals surface area contributed by atoms with Crippen LogP contribution < -0.4 is 15.5 Å². The molecule has 0 unspecified atom stereocenters. The first-order valence-electron chi connectivity index (χ1n) is 10.8. The van der Waals surface area contributed by atoms with E-state index >= 15 is 0 Å². The van der Waals surface area contributed by atoms with Crippen molar-refractivity contribution in [1.29, 1.82) is 0 Å². The molecule has 1 aliphatic heterocycles. The molecule has 2 aromatic carbocycles. The number of rotatable bonds is 8. The van der Waals surface area contributed by atoms with Crippen LogP contribution in [0.15, 0.2) is 53.9 Å². The minimum atomic E-state index is -0.549. The van der Waals surface area contributed by atoms with Crippen LogP contribution in [-0.4, -0.2) is 31.2 Å². The van der Waals surface area contributed by atoms with E-state index in [1.54, 1.807) is 23.5 Å². The molecule has 1 atom stereocenters. The molecule has 2 heterocycles. The molecule has 0 spiro atoms. The van der Waals surface area contributed by atoms with Crippen LogP contribution in [0.1, 0.15) is 22.9 Å². The van der Waals surface area contributed by atoms with Crippen LogP contribution >= 0.6 is 11.3 Å². The van der Waals surface area contributed by atoms with Crippen molar-refractivity contribution in [1.82, 2.24) is 10.6 Å². The summed E-state index contributed by atoms with van der Waals surface area (Å²) in [6.45, 7) is 5.55. The summed E-state index contributed by atoms with van der Waals surface area (Å²) in [6, 6.07) is 14.6. The van der Waals surface area contributed by atoms with Gasteiger partial charge in [0.1, 0.15) is 11.9 Å². The average molecular weight is 468 g/mol. The Labute approximate surface area is 196 Å². The number of ether oxygens (including phenoxy) is 1. The minimum Gasteiger partial charge on any atom is -0.442 e. The fourth-order valence-electron chi connectivity index (χ4n) is 3.71. The first kappa shape index (κ1) is 22.9. The number of hydrogen-bond acceptors (Lipinski definition) is 5. The highest BCUT2D eigenvalue weighted by Gasteiger charge is 2.32. The largest absolute Gasteiger partial charge is 0.442 e. The Balaban J connectivity index is 1.38. The van der Waals surface area contributed by atoms with Crippen molar-refractivity contribution in [2.45, 2.75) is 33.0 Å². The highest BCUT2D eigenvalue weighted by molar-refractivity contribution is 7.10. The molecule has 3 aromatic rings. The lowest BCUT2D eigenvalue weighted by Gasteiger charge is -2.15. The van der Waals surface area contributed by atoms with Crippen LogP contribution in [0.25, 0.3) is 11.1 Å². The van der Waals surface area contributed by atoms with Gasteiger partial charge in [0.2, 0.25) is 5.91 Å². The SMILES string of the molecule is CC(=O)NC[C@H]1CN(c2ccc(-c3ccc(CNCc4sccc4C)cc3)c(F)c2)C(=O)O1. The number of benzene rings is 2. The number of amides is 2. The molecule has 2 N–H and O–H groups in total. The number of halogens is 1. The second kappa shape index (κ2) is 10.1. The van der Waals surface area contributed by atoms with Crippen LogP contribution in [-0.2, 0) is 22.6 Å². The Morgan fingerprint density at radius 2 is 1.97 bits per heavy atom. The molecule has 1 aromatic heterocycles. The van der Waals surface area contributed by atoms with Gasteiger partial charge in [-0.05, 0) is 53.3 Å². The van der Waals surface area contributed by atoms with Crippen LogP contribution in [0.2, 0.25) is 0 Å². The fraction of sp³-hybridized carbons (Fsp3) is 0.280. The number of nitrogens with zero attached hydrogens (tertiary/aromatic N) is 1. The van der Waals surface area contributed by atoms with Crippen LogP contribution in [0, 0.1) is 12.7 Å². The minimum absolute atomic E-state index is 0.195. The smallest absolute Gasteiger partial charge is 0.414 e. The first-order chi connectivity index (χ1) is 15.9. The molecule has 0 aliphatic carbocycles. The second-order valence-electron chi connectivity index (χ2n) is 8.04. The van der Waals surface area contributed by atoms with Crippen LogP contribution in [0.5, 0.6) is 0 Å². The van der Waals surface area contributed by atoms with Crippen molar-refractivity contribution in [2.75, 3.05) is 18.0 Å². The molecular formula is C25H26FN3O3S. The maximum absolute atomic E-state index is 14.9. The molecule has 0 radical (unpaired) electrons. The zero-order valence-electron chi connectivity index (χ0n) is 18.6. The molecule has 6 nitrogen and oxygen atoms in total. The van der Waals surface area contributed by atoms with E-state index in [-0.39, 0.29) is 19.0 Å². The maximum Gasteiger partial charge on any atom is 0.414 e. The number of nitrogens with one attached hydrogen (secondary N) is 2. The zero-order chi connectivity index (χ0) is 23.4. The molecule has 0 bridgehead atoms. The summed E-state index contributed by atoms with van der Waals surface area (Å²) in [4.78, 5) is 26.0. The molecule has 33 heavy (non-hydrogen) atoms. The third-order valence-corrected chi connectivity index (χ3v) is 6.59. The van der Waals surface area contributed by atoms with Gasteiger partial charge in [-0.3, -0.25) is 9.69 Å². The van der Waals surface area contributed by atoms with E-state index in [0.29, 0.717) is 11.3 Å².